The second-order valence-electron chi connectivity index (χ2n) is 4.66. The smallest absolute Gasteiger partial charge is 0.191 e. The van der Waals surface area contributed by atoms with Gasteiger partial charge in [-0.15, -0.1) is 5.10 Å². The Morgan fingerprint density at radius 2 is 1.90 bits per heavy atom. The van der Waals surface area contributed by atoms with E-state index in [9.17, 15) is 9.65 Å². The topological polar surface area (TPSA) is 54.5 Å². The third-order valence-electron chi connectivity index (χ3n) is 3.14. The molecule has 2 aromatic carbocycles. The summed E-state index contributed by atoms with van der Waals surface area (Å²) in [6, 6.07) is 15.7. The third-order valence-corrected chi connectivity index (χ3v) is 3.14. The van der Waals surface area contributed by atoms with Crippen LogP contribution >= 0.6 is 0 Å². The number of rotatable bonds is 2. The fourth-order valence-electron chi connectivity index (χ4n) is 2.16. The molecule has 0 atom stereocenters. The maximum absolute atomic E-state index is 13.1. The summed E-state index contributed by atoms with van der Waals surface area (Å²) in [6.45, 7) is 1.98. The Morgan fingerprint density at radius 3 is 2.57 bits per heavy atom. The van der Waals surface area contributed by atoms with Crippen molar-refractivity contribution in [1.29, 1.82) is 5.26 Å². The fraction of sp³-hybridized carbons (Fsp3) is 0.0625. The van der Waals surface area contributed by atoms with E-state index in [0.29, 0.717) is 11.3 Å². The average Bonchev–Trinajstić information content (AvgIpc) is 2.92. The van der Waals surface area contributed by atoms with Crippen LogP contribution in [0.3, 0.4) is 0 Å². The SMILES string of the molecule is Cc1cccc(-n2nnc(C#N)c2-c2ccc(F)cc2)c1. The number of nitriles is 1. The van der Waals surface area contributed by atoms with Crippen molar-refractivity contribution in [2.24, 2.45) is 0 Å². The van der Waals surface area contributed by atoms with Crippen molar-refractivity contribution in [3.8, 4) is 23.0 Å². The predicted molar refractivity (Wildman–Crippen MR) is 76.2 cm³/mol. The van der Waals surface area contributed by atoms with Crippen molar-refractivity contribution in [2.75, 3.05) is 0 Å². The van der Waals surface area contributed by atoms with E-state index in [4.69, 9.17) is 0 Å². The minimum absolute atomic E-state index is 0.211. The zero-order chi connectivity index (χ0) is 14.8. The second-order valence-corrected chi connectivity index (χ2v) is 4.66. The summed E-state index contributed by atoms with van der Waals surface area (Å²) in [5, 5.41) is 17.2. The Labute approximate surface area is 121 Å². The van der Waals surface area contributed by atoms with E-state index in [0.717, 1.165) is 11.3 Å². The maximum Gasteiger partial charge on any atom is 0.191 e. The second kappa shape index (κ2) is 5.17. The van der Waals surface area contributed by atoms with Crippen molar-refractivity contribution in [1.82, 2.24) is 15.0 Å². The number of nitrogens with zero attached hydrogens (tertiary/aromatic N) is 4. The molecule has 0 unspecified atom stereocenters. The minimum atomic E-state index is -0.327. The summed E-state index contributed by atoms with van der Waals surface area (Å²) in [4.78, 5) is 0. The minimum Gasteiger partial charge on any atom is -0.211 e. The van der Waals surface area contributed by atoms with Gasteiger partial charge in [0.05, 0.1) is 5.69 Å². The van der Waals surface area contributed by atoms with Gasteiger partial charge in [-0.25, -0.2) is 9.07 Å². The lowest BCUT2D eigenvalue weighted by Gasteiger charge is -2.07. The van der Waals surface area contributed by atoms with Crippen molar-refractivity contribution in [3.63, 3.8) is 0 Å². The molecule has 21 heavy (non-hydrogen) atoms. The fourth-order valence-corrected chi connectivity index (χ4v) is 2.16. The largest absolute Gasteiger partial charge is 0.211 e. The van der Waals surface area contributed by atoms with Crippen molar-refractivity contribution >= 4 is 0 Å². The molecule has 0 fully saturated rings. The Bertz CT molecular complexity index is 828. The van der Waals surface area contributed by atoms with Crippen LogP contribution in [-0.4, -0.2) is 15.0 Å². The molecule has 0 saturated heterocycles. The first-order chi connectivity index (χ1) is 10.2. The van der Waals surface area contributed by atoms with Gasteiger partial charge < -0.3 is 0 Å². The summed E-state index contributed by atoms with van der Waals surface area (Å²) in [5.41, 5.74) is 3.35. The molecule has 4 nitrogen and oxygen atoms in total. The van der Waals surface area contributed by atoms with Crippen LogP contribution in [0.4, 0.5) is 4.39 Å². The number of benzene rings is 2. The number of hydrogen-bond acceptors (Lipinski definition) is 3. The zero-order valence-corrected chi connectivity index (χ0v) is 11.3. The predicted octanol–water partition coefficient (Wildman–Crippen LogP) is 3.25. The van der Waals surface area contributed by atoms with Gasteiger partial charge in [0.2, 0.25) is 0 Å². The van der Waals surface area contributed by atoms with E-state index in [-0.39, 0.29) is 11.5 Å². The number of aromatic nitrogens is 3. The molecule has 5 heteroatoms. The highest BCUT2D eigenvalue weighted by molar-refractivity contribution is 5.67. The number of hydrogen-bond donors (Lipinski definition) is 0. The van der Waals surface area contributed by atoms with Gasteiger partial charge in [-0.2, -0.15) is 5.26 Å². The van der Waals surface area contributed by atoms with Crippen LogP contribution in [0, 0.1) is 24.1 Å². The quantitative estimate of drug-likeness (QED) is 0.723. The lowest BCUT2D eigenvalue weighted by molar-refractivity contribution is 0.628. The zero-order valence-electron chi connectivity index (χ0n) is 11.3. The van der Waals surface area contributed by atoms with Crippen LogP contribution in [0.1, 0.15) is 11.3 Å². The molecule has 0 aliphatic rings. The molecular formula is C16H11FN4. The highest BCUT2D eigenvalue weighted by Crippen LogP contribution is 2.25. The normalized spacial score (nSPS) is 10.3. The Kier molecular flexibility index (Phi) is 3.20. The van der Waals surface area contributed by atoms with Gasteiger partial charge in [-0.05, 0) is 48.9 Å². The molecule has 0 saturated carbocycles. The first-order valence-electron chi connectivity index (χ1n) is 6.38. The summed E-state index contributed by atoms with van der Waals surface area (Å²) < 4.78 is 14.7. The Balaban J connectivity index is 2.22. The van der Waals surface area contributed by atoms with Gasteiger partial charge in [0.25, 0.3) is 0 Å². The molecule has 0 amide bonds. The molecule has 0 bridgehead atoms. The van der Waals surface area contributed by atoms with E-state index in [1.165, 1.54) is 12.1 Å². The van der Waals surface area contributed by atoms with Gasteiger partial charge in [-0.1, -0.05) is 17.3 Å². The summed E-state index contributed by atoms with van der Waals surface area (Å²) in [5.74, 6) is -0.327. The van der Waals surface area contributed by atoms with E-state index >= 15 is 0 Å². The van der Waals surface area contributed by atoms with Crippen LogP contribution in [0.15, 0.2) is 48.5 Å². The van der Waals surface area contributed by atoms with Crippen LogP contribution in [-0.2, 0) is 0 Å². The number of halogens is 1. The van der Waals surface area contributed by atoms with Crippen molar-refractivity contribution < 1.29 is 4.39 Å². The van der Waals surface area contributed by atoms with E-state index in [1.807, 2.05) is 37.3 Å². The highest BCUT2D eigenvalue weighted by atomic mass is 19.1. The van der Waals surface area contributed by atoms with E-state index in [1.54, 1.807) is 16.8 Å². The summed E-state index contributed by atoms with van der Waals surface area (Å²) >= 11 is 0. The third kappa shape index (κ3) is 2.39. The van der Waals surface area contributed by atoms with Gasteiger partial charge in [0.1, 0.15) is 17.6 Å². The van der Waals surface area contributed by atoms with Gasteiger partial charge in [0, 0.05) is 5.56 Å². The Hall–Kier alpha value is -3.00. The molecule has 0 aliphatic heterocycles. The molecule has 0 aliphatic carbocycles. The lowest BCUT2D eigenvalue weighted by Crippen LogP contribution is -2.00. The molecule has 3 aromatic rings. The van der Waals surface area contributed by atoms with Crippen molar-refractivity contribution in [2.45, 2.75) is 6.92 Å². The van der Waals surface area contributed by atoms with Crippen LogP contribution in [0.25, 0.3) is 16.9 Å². The van der Waals surface area contributed by atoms with Gasteiger partial charge >= 0.3 is 0 Å². The van der Waals surface area contributed by atoms with Crippen molar-refractivity contribution in [3.05, 3.63) is 65.6 Å². The molecule has 0 radical (unpaired) electrons. The monoisotopic (exact) mass is 278 g/mol. The summed E-state index contributed by atoms with van der Waals surface area (Å²) in [7, 11) is 0. The number of aryl methyl sites for hydroxylation is 1. The van der Waals surface area contributed by atoms with E-state index in [2.05, 4.69) is 10.3 Å². The lowest BCUT2D eigenvalue weighted by atomic mass is 10.1. The molecule has 3 rings (SSSR count). The van der Waals surface area contributed by atoms with Gasteiger partial charge in [-0.3, -0.25) is 0 Å². The van der Waals surface area contributed by atoms with E-state index < -0.39 is 0 Å². The van der Waals surface area contributed by atoms with Crippen LogP contribution in [0.5, 0.6) is 0 Å². The van der Waals surface area contributed by atoms with Gasteiger partial charge in [0.15, 0.2) is 5.69 Å². The maximum atomic E-state index is 13.1. The Morgan fingerprint density at radius 1 is 1.14 bits per heavy atom. The molecule has 1 heterocycles. The first kappa shape index (κ1) is 13.0. The molecule has 102 valence electrons. The molecular weight excluding hydrogens is 267 g/mol. The first-order valence-corrected chi connectivity index (χ1v) is 6.38. The highest BCUT2D eigenvalue weighted by Gasteiger charge is 2.16. The summed E-state index contributed by atoms with van der Waals surface area (Å²) in [6.07, 6.45) is 0. The standard InChI is InChI=1S/C16H11FN4/c1-11-3-2-4-14(9-11)21-16(15(10-18)19-20-21)12-5-7-13(17)8-6-12/h2-9H,1H3. The van der Waals surface area contributed by atoms with Crippen LogP contribution < -0.4 is 0 Å². The van der Waals surface area contributed by atoms with Crippen LogP contribution in [0.2, 0.25) is 0 Å². The average molecular weight is 278 g/mol. The molecule has 0 spiro atoms. The molecule has 1 aromatic heterocycles. The molecule has 0 N–H and O–H groups in total.